The van der Waals surface area contributed by atoms with Crippen LogP contribution in [0.25, 0.3) is 0 Å². The number of nitrogens with zero attached hydrogens (tertiary/aromatic N) is 1. The number of esters is 1. The molecule has 1 aliphatic heterocycles. The first kappa shape index (κ1) is 17.5. The van der Waals surface area contributed by atoms with Gasteiger partial charge in [0.15, 0.2) is 0 Å². The molecule has 0 fully saturated rings. The number of hydrogen-bond donors (Lipinski definition) is 1. The first-order valence-electron chi connectivity index (χ1n) is 8.27. The monoisotopic (exact) mass is 362 g/mol. The number of hydrogen-bond acceptors (Lipinski definition) is 4. The summed E-state index contributed by atoms with van der Waals surface area (Å²) in [6, 6.07) is 7.24. The van der Waals surface area contributed by atoms with Gasteiger partial charge in [-0.15, -0.1) is 0 Å². The van der Waals surface area contributed by atoms with Crippen molar-refractivity contribution in [1.82, 2.24) is 4.98 Å². The van der Waals surface area contributed by atoms with Gasteiger partial charge in [0, 0.05) is 17.4 Å². The Hall–Kier alpha value is -2.28. The van der Waals surface area contributed by atoms with Gasteiger partial charge in [-0.25, -0.2) is 13.2 Å². The number of carbonyl (C=O) groups is 1. The number of fused-ring (bicyclic) bond motifs is 1. The van der Waals surface area contributed by atoms with E-state index in [1.165, 1.54) is 4.31 Å². The molecular formula is C18H22N2O4S. The number of aryl methyl sites for hydroxylation is 2. The molecule has 0 unspecified atom stereocenters. The van der Waals surface area contributed by atoms with Crippen molar-refractivity contribution < 1.29 is 17.9 Å². The Kier molecular flexibility index (Phi) is 4.36. The third kappa shape index (κ3) is 2.72. The lowest BCUT2D eigenvalue weighted by molar-refractivity contribution is 0.0521. The van der Waals surface area contributed by atoms with Crippen LogP contribution in [0, 0.1) is 13.8 Å². The number of para-hydroxylation sites is 1. The van der Waals surface area contributed by atoms with Crippen LogP contribution in [0.5, 0.6) is 0 Å². The highest BCUT2D eigenvalue weighted by atomic mass is 32.2. The molecule has 2 heterocycles. The van der Waals surface area contributed by atoms with Crippen LogP contribution in [-0.2, 0) is 21.2 Å². The summed E-state index contributed by atoms with van der Waals surface area (Å²) in [5.74, 6) is -0.622. The lowest BCUT2D eigenvalue weighted by Crippen LogP contribution is -2.36. The predicted octanol–water partition coefficient (Wildman–Crippen LogP) is 2.95. The van der Waals surface area contributed by atoms with E-state index >= 15 is 0 Å². The molecular weight excluding hydrogens is 340 g/mol. The van der Waals surface area contributed by atoms with E-state index in [1.54, 1.807) is 26.8 Å². The Labute approximate surface area is 147 Å². The van der Waals surface area contributed by atoms with E-state index in [2.05, 4.69) is 4.98 Å². The molecule has 25 heavy (non-hydrogen) atoms. The van der Waals surface area contributed by atoms with Gasteiger partial charge in [-0.3, -0.25) is 4.31 Å². The topological polar surface area (TPSA) is 79.5 Å². The SMILES string of the molecule is CCOC(=O)c1c(C)[nH]c(C)c1S(=O)(=O)N1c2ccccc2C[C@@H]1C. The van der Waals surface area contributed by atoms with Gasteiger partial charge in [-0.05, 0) is 45.7 Å². The van der Waals surface area contributed by atoms with Gasteiger partial charge < -0.3 is 9.72 Å². The Morgan fingerprint density at radius 2 is 1.96 bits per heavy atom. The fraction of sp³-hybridized carbons (Fsp3) is 0.389. The van der Waals surface area contributed by atoms with Crippen molar-refractivity contribution in [1.29, 1.82) is 0 Å². The fourth-order valence-corrected chi connectivity index (χ4v) is 5.65. The molecule has 6 nitrogen and oxygen atoms in total. The van der Waals surface area contributed by atoms with Crippen molar-refractivity contribution in [2.24, 2.45) is 0 Å². The summed E-state index contributed by atoms with van der Waals surface area (Å²) in [6.07, 6.45) is 0.645. The second kappa shape index (κ2) is 6.22. The highest BCUT2D eigenvalue weighted by Gasteiger charge is 2.40. The summed E-state index contributed by atoms with van der Waals surface area (Å²) in [5, 5.41) is 0. The summed E-state index contributed by atoms with van der Waals surface area (Å²) in [6.45, 7) is 7.09. The molecule has 7 heteroatoms. The average Bonchev–Trinajstić information content (AvgIpc) is 3.03. The van der Waals surface area contributed by atoms with E-state index in [1.807, 2.05) is 25.1 Å². The van der Waals surface area contributed by atoms with E-state index in [4.69, 9.17) is 4.74 Å². The number of ether oxygens (including phenoxy) is 1. The van der Waals surface area contributed by atoms with Crippen LogP contribution >= 0.6 is 0 Å². The molecule has 0 radical (unpaired) electrons. The minimum Gasteiger partial charge on any atom is -0.462 e. The molecule has 2 aromatic rings. The second-order valence-corrected chi connectivity index (χ2v) is 8.03. The van der Waals surface area contributed by atoms with Gasteiger partial charge in [0.2, 0.25) is 0 Å². The van der Waals surface area contributed by atoms with E-state index in [0.29, 0.717) is 23.5 Å². The number of aromatic amines is 1. The number of benzene rings is 1. The standard InChI is InChI=1S/C18H22N2O4S/c1-5-24-18(21)16-12(3)19-13(4)17(16)25(22,23)20-11(2)10-14-8-6-7-9-15(14)20/h6-9,11,19H,5,10H2,1-4H3/t11-/m0/s1. The Bertz CT molecular complexity index is 931. The second-order valence-electron chi connectivity index (χ2n) is 6.28. The predicted molar refractivity (Wildman–Crippen MR) is 95.5 cm³/mol. The molecule has 1 aromatic carbocycles. The average molecular weight is 362 g/mol. The number of rotatable bonds is 4. The van der Waals surface area contributed by atoms with Crippen molar-refractivity contribution in [3.05, 3.63) is 46.8 Å². The zero-order chi connectivity index (χ0) is 18.4. The van der Waals surface area contributed by atoms with Crippen LogP contribution in [0.3, 0.4) is 0 Å². The molecule has 0 bridgehead atoms. The Morgan fingerprint density at radius 1 is 1.28 bits per heavy atom. The molecule has 134 valence electrons. The van der Waals surface area contributed by atoms with Crippen molar-refractivity contribution in [2.75, 3.05) is 10.9 Å². The molecule has 0 amide bonds. The lowest BCUT2D eigenvalue weighted by atomic mass is 10.1. The van der Waals surface area contributed by atoms with Crippen molar-refractivity contribution >= 4 is 21.7 Å². The van der Waals surface area contributed by atoms with Gasteiger partial charge in [-0.2, -0.15) is 0 Å². The van der Waals surface area contributed by atoms with Gasteiger partial charge in [0.1, 0.15) is 10.5 Å². The molecule has 0 saturated heterocycles. The van der Waals surface area contributed by atoms with Crippen molar-refractivity contribution in [2.45, 2.75) is 45.1 Å². The molecule has 1 aliphatic rings. The Morgan fingerprint density at radius 3 is 2.64 bits per heavy atom. The number of sulfonamides is 1. The lowest BCUT2D eigenvalue weighted by Gasteiger charge is -2.25. The normalized spacial score (nSPS) is 16.8. The number of anilines is 1. The summed E-state index contributed by atoms with van der Waals surface area (Å²) in [4.78, 5) is 15.3. The van der Waals surface area contributed by atoms with Crippen molar-refractivity contribution in [3.8, 4) is 0 Å². The zero-order valence-corrected chi connectivity index (χ0v) is 15.6. The molecule has 1 atom stereocenters. The van der Waals surface area contributed by atoms with E-state index in [9.17, 15) is 13.2 Å². The third-order valence-electron chi connectivity index (χ3n) is 4.46. The molecule has 0 saturated carbocycles. The van der Waals surface area contributed by atoms with E-state index in [-0.39, 0.29) is 23.1 Å². The van der Waals surface area contributed by atoms with Gasteiger partial charge in [-0.1, -0.05) is 18.2 Å². The maximum atomic E-state index is 13.5. The van der Waals surface area contributed by atoms with E-state index < -0.39 is 16.0 Å². The van der Waals surface area contributed by atoms with Gasteiger partial charge in [0.05, 0.1) is 12.3 Å². The molecule has 1 aromatic heterocycles. The van der Waals surface area contributed by atoms with Crippen LogP contribution in [-0.4, -0.2) is 32.0 Å². The van der Waals surface area contributed by atoms with Gasteiger partial charge in [0.25, 0.3) is 10.0 Å². The fourth-order valence-electron chi connectivity index (χ4n) is 3.53. The maximum Gasteiger partial charge on any atom is 0.341 e. The summed E-state index contributed by atoms with van der Waals surface area (Å²) in [7, 11) is -3.90. The highest BCUT2D eigenvalue weighted by molar-refractivity contribution is 7.93. The largest absolute Gasteiger partial charge is 0.462 e. The molecule has 0 spiro atoms. The summed E-state index contributed by atoms with van der Waals surface area (Å²) < 4.78 is 33.4. The van der Waals surface area contributed by atoms with Crippen molar-refractivity contribution in [3.63, 3.8) is 0 Å². The number of H-pyrrole nitrogens is 1. The minimum absolute atomic E-state index is 0.00648. The summed E-state index contributed by atoms with van der Waals surface area (Å²) in [5.41, 5.74) is 2.69. The number of nitrogens with one attached hydrogen (secondary N) is 1. The Balaban J connectivity index is 2.18. The van der Waals surface area contributed by atoms with Crippen LogP contribution in [0.15, 0.2) is 29.2 Å². The van der Waals surface area contributed by atoms with Crippen LogP contribution in [0.4, 0.5) is 5.69 Å². The van der Waals surface area contributed by atoms with Crippen LogP contribution in [0.2, 0.25) is 0 Å². The molecule has 1 N–H and O–H groups in total. The van der Waals surface area contributed by atoms with Crippen LogP contribution in [0.1, 0.15) is 41.2 Å². The smallest absolute Gasteiger partial charge is 0.341 e. The maximum absolute atomic E-state index is 13.5. The number of aromatic nitrogens is 1. The quantitative estimate of drug-likeness (QED) is 0.848. The number of carbonyl (C=O) groups excluding carboxylic acids is 1. The minimum atomic E-state index is -3.90. The third-order valence-corrected chi connectivity index (χ3v) is 6.56. The molecule has 3 rings (SSSR count). The first-order chi connectivity index (χ1) is 11.8. The van der Waals surface area contributed by atoms with E-state index in [0.717, 1.165) is 5.56 Å². The van der Waals surface area contributed by atoms with Crippen LogP contribution < -0.4 is 4.31 Å². The van der Waals surface area contributed by atoms with Gasteiger partial charge >= 0.3 is 5.97 Å². The molecule has 0 aliphatic carbocycles. The zero-order valence-electron chi connectivity index (χ0n) is 14.8. The highest BCUT2D eigenvalue weighted by Crippen LogP contribution is 2.38. The first-order valence-corrected chi connectivity index (χ1v) is 9.71. The summed E-state index contributed by atoms with van der Waals surface area (Å²) >= 11 is 0.